The van der Waals surface area contributed by atoms with Gasteiger partial charge in [-0.1, -0.05) is 24.3 Å². The molecule has 0 atom stereocenters. The van der Waals surface area contributed by atoms with Crippen LogP contribution >= 0.6 is 11.3 Å². The molecule has 2 amide bonds. The molecule has 0 unspecified atom stereocenters. The minimum atomic E-state index is -0.184. The Morgan fingerprint density at radius 2 is 1.86 bits per heavy atom. The summed E-state index contributed by atoms with van der Waals surface area (Å²) in [7, 11) is 0. The summed E-state index contributed by atoms with van der Waals surface area (Å²) in [6, 6.07) is 13.7. The highest BCUT2D eigenvalue weighted by atomic mass is 32.1. The minimum Gasteiger partial charge on any atom is -0.334 e. The first-order valence-electron chi connectivity index (χ1n) is 6.69. The predicted octanol–water partition coefficient (Wildman–Crippen LogP) is 3.30. The molecule has 0 aliphatic heterocycles. The fraction of sp³-hybridized carbons (Fsp3) is 0.125. The van der Waals surface area contributed by atoms with Crippen LogP contribution in [-0.2, 0) is 13.1 Å². The second-order valence-electron chi connectivity index (χ2n) is 4.61. The second-order valence-corrected chi connectivity index (χ2v) is 5.53. The summed E-state index contributed by atoms with van der Waals surface area (Å²) in [4.78, 5) is 16.0. The number of nitrogens with one attached hydrogen (secondary N) is 2. The second kappa shape index (κ2) is 6.37. The molecule has 5 heteroatoms. The number of thiophene rings is 1. The van der Waals surface area contributed by atoms with Gasteiger partial charge in [0.1, 0.15) is 0 Å². The fourth-order valence-electron chi connectivity index (χ4n) is 2.08. The van der Waals surface area contributed by atoms with Gasteiger partial charge in [0.15, 0.2) is 0 Å². The van der Waals surface area contributed by atoms with Crippen molar-refractivity contribution >= 4 is 27.5 Å². The number of rotatable bonds is 4. The highest BCUT2D eigenvalue weighted by molar-refractivity contribution is 7.17. The number of pyridine rings is 1. The van der Waals surface area contributed by atoms with E-state index in [1.54, 1.807) is 17.5 Å². The van der Waals surface area contributed by atoms with Crippen LogP contribution in [0.3, 0.4) is 0 Å². The maximum atomic E-state index is 11.8. The highest BCUT2D eigenvalue weighted by Crippen LogP contribution is 2.25. The van der Waals surface area contributed by atoms with E-state index >= 15 is 0 Å². The summed E-state index contributed by atoms with van der Waals surface area (Å²) in [5.41, 5.74) is 1.98. The van der Waals surface area contributed by atoms with Crippen molar-refractivity contribution in [3.05, 3.63) is 65.3 Å². The van der Waals surface area contributed by atoms with Crippen molar-refractivity contribution in [2.75, 3.05) is 0 Å². The first kappa shape index (κ1) is 13.6. The lowest BCUT2D eigenvalue weighted by atomic mass is 10.2. The molecule has 0 fully saturated rings. The lowest BCUT2D eigenvalue weighted by Gasteiger charge is -2.06. The SMILES string of the molecule is O=C(NCc1ccccn1)NCc1csc2ccccc12. The molecule has 2 aromatic heterocycles. The molecule has 0 aliphatic carbocycles. The number of hydrogen-bond donors (Lipinski definition) is 2. The van der Waals surface area contributed by atoms with Crippen LogP contribution in [0.25, 0.3) is 10.1 Å². The topological polar surface area (TPSA) is 54.0 Å². The van der Waals surface area contributed by atoms with Gasteiger partial charge in [0.25, 0.3) is 0 Å². The fourth-order valence-corrected chi connectivity index (χ4v) is 3.04. The van der Waals surface area contributed by atoms with Crippen molar-refractivity contribution in [1.82, 2.24) is 15.6 Å². The van der Waals surface area contributed by atoms with E-state index in [0.717, 1.165) is 11.3 Å². The van der Waals surface area contributed by atoms with E-state index in [-0.39, 0.29) is 6.03 Å². The third-order valence-corrected chi connectivity index (χ3v) is 4.17. The van der Waals surface area contributed by atoms with Gasteiger partial charge in [0, 0.05) is 17.4 Å². The molecule has 0 bridgehead atoms. The van der Waals surface area contributed by atoms with E-state index < -0.39 is 0 Å². The molecule has 3 aromatic rings. The average molecular weight is 297 g/mol. The quantitative estimate of drug-likeness (QED) is 0.776. The Bertz CT molecular complexity index is 739. The third-order valence-electron chi connectivity index (χ3n) is 3.16. The molecule has 4 nitrogen and oxygen atoms in total. The van der Waals surface area contributed by atoms with Crippen LogP contribution in [-0.4, -0.2) is 11.0 Å². The van der Waals surface area contributed by atoms with Crippen molar-refractivity contribution in [3.63, 3.8) is 0 Å². The summed E-state index contributed by atoms with van der Waals surface area (Å²) in [6.07, 6.45) is 1.71. The Morgan fingerprint density at radius 3 is 2.71 bits per heavy atom. The molecule has 3 rings (SSSR count). The standard InChI is InChI=1S/C16H15N3OS/c20-16(19-10-13-5-3-4-8-17-13)18-9-12-11-21-15-7-2-1-6-14(12)15/h1-8,11H,9-10H2,(H2,18,19,20). The van der Waals surface area contributed by atoms with Gasteiger partial charge in [-0.05, 0) is 34.5 Å². The van der Waals surface area contributed by atoms with Crippen molar-refractivity contribution in [2.45, 2.75) is 13.1 Å². The van der Waals surface area contributed by atoms with Crippen LogP contribution in [0.15, 0.2) is 54.0 Å². The Morgan fingerprint density at radius 1 is 1.05 bits per heavy atom. The van der Waals surface area contributed by atoms with Crippen LogP contribution in [0, 0.1) is 0 Å². The number of urea groups is 1. The molecule has 0 saturated carbocycles. The van der Waals surface area contributed by atoms with Crippen LogP contribution in [0.1, 0.15) is 11.3 Å². The lowest BCUT2D eigenvalue weighted by molar-refractivity contribution is 0.240. The number of amides is 2. The van der Waals surface area contributed by atoms with Gasteiger partial charge in [0.2, 0.25) is 0 Å². The van der Waals surface area contributed by atoms with E-state index in [0.29, 0.717) is 13.1 Å². The number of carbonyl (C=O) groups is 1. The number of benzene rings is 1. The van der Waals surface area contributed by atoms with Gasteiger partial charge in [-0.15, -0.1) is 11.3 Å². The van der Waals surface area contributed by atoms with E-state index in [1.807, 2.05) is 30.3 Å². The predicted molar refractivity (Wildman–Crippen MR) is 85.1 cm³/mol. The van der Waals surface area contributed by atoms with Crippen LogP contribution in [0.2, 0.25) is 0 Å². The number of carbonyl (C=O) groups excluding carboxylic acids is 1. The molecule has 0 radical (unpaired) electrons. The van der Waals surface area contributed by atoms with E-state index in [1.165, 1.54) is 10.1 Å². The van der Waals surface area contributed by atoms with Crippen molar-refractivity contribution in [1.29, 1.82) is 0 Å². The maximum absolute atomic E-state index is 11.8. The number of hydrogen-bond acceptors (Lipinski definition) is 3. The van der Waals surface area contributed by atoms with Gasteiger partial charge in [0.05, 0.1) is 12.2 Å². The Kier molecular flexibility index (Phi) is 4.12. The Balaban J connectivity index is 1.54. The molecule has 0 spiro atoms. The largest absolute Gasteiger partial charge is 0.334 e. The molecule has 2 N–H and O–H groups in total. The van der Waals surface area contributed by atoms with Crippen LogP contribution < -0.4 is 10.6 Å². The summed E-state index contributed by atoms with van der Waals surface area (Å²) >= 11 is 1.69. The van der Waals surface area contributed by atoms with Gasteiger partial charge in [-0.2, -0.15) is 0 Å². The van der Waals surface area contributed by atoms with Crippen molar-refractivity contribution in [3.8, 4) is 0 Å². The minimum absolute atomic E-state index is 0.184. The smallest absolute Gasteiger partial charge is 0.315 e. The molecular weight excluding hydrogens is 282 g/mol. The zero-order valence-electron chi connectivity index (χ0n) is 11.4. The maximum Gasteiger partial charge on any atom is 0.315 e. The van der Waals surface area contributed by atoms with E-state index in [2.05, 4.69) is 33.1 Å². The normalized spacial score (nSPS) is 10.5. The van der Waals surface area contributed by atoms with Crippen molar-refractivity contribution in [2.24, 2.45) is 0 Å². The van der Waals surface area contributed by atoms with Crippen LogP contribution in [0.4, 0.5) is 4.79 Å². The summed E-state index contributed by atoms with van der Waals surface area (Å²) in [5, 5.41) is 8.97. The van der Waals surface area contributed by atoms with Crippen LogP contribution in [0.5, 0.6) is 0 Å². The lowest BCUT2D eigenvalue weighted by Crippen LogP contribution is -2.34. The van der Waals surface area contributed by atoms with Gasteiger partial charge in [-0.3, -0.25) is 4.98 Å². The Hall–Kier alpha value is -2.40. The number of fused-ring (bicyclic) bond motifs is 1. The monoisotopic (exact) mass is 297 g/mol. The highest BCUT2D eigenvalue weighted by Gasteiger charge is 2.05. The summed E-state index contributed by atoms with van der Waals surface area (Å²) in [5.74, 6) is 0. The van der Waals surface area contributed by atoms with Gasteiger partial charge < -0.3 is 10.6 Å². The Labute approximate surface area is 126 Å². The summed E-state index contributed by atoms with van der Waals surface area (Å²) in [6.45, 7) is 0.953. The molecule has 2 heterocycles. The molecule has 0 saturated heterocycles. The summed E-state index contributed by atoms with van der Waals surface area (Å²) < 4.78 is 1.24. The van der Waals surface area contributed by atoms with Crippen molar-refractivity contribution < 1.29 is 4.79 Å². The molecule has 0 aliphatic rings. The first-order chi connectivity index (χ1) is 10.3. The van der Waals surface area contributed by atoms with E-state index in [9.17, 15) is 4.79 Å². The zero-order chi connectivity index (χ0) is 14.5. The average Bonchev–Trinajstić information content (AvgIpc) is 2.95. The third kappa shape index (κ3) is 3.38. The number of nitrogens with zero attached hydrogens (tertiary/aromatic N) is 1. The molecule has 21 heavy (non-hydrogen) atoms. The molecule has 106 valence electrons. The van der Waals surface area contributed by atoms with Gasteiger partial charge in [-0.25, -0.2) is 4.79 Å². The first-order valence-corrected chi connectivity index (χ1v) is 7.57. The zero-order valence-corrected chi connectivity index (χ0v) is 12.2. The molecule has 1 aromatic carbocycles. The van der Waals surface area contributed by atoms with Gasteiger partial charge >= 0.3 is 6.03 Å². The number of aromatic nitrogens is 1. The van der Waals surface area contributed by atoms with E-state index in [4.69, 9.17) is 0 Å². The molecular formula is C16H15N3OS.